The lowest BCUT2D eigenvalue weighted by Gasteiger charge is -2.49. The van der Waals surface area contributed by atoms with Gasteiger partial charge in [0.1, 0.15) is 0 Å². The summed E-state index contributed by atoms with van der Waals surface area (Å²) < 4.78 is 10.7. The summed E-state index contributed by atoms with van der Waals surface area (Å²) in [5.41, 5.74) is 4.60. The molecule has 0 spiro atoms. The van der Waals surface area contributed by atoms with Crippen LogP contribution in [0.5, 0.6) is 11.5 Å². The molecule has 0 aliphatic carbocycles. The van der Waals surface area contributed by atoms with Gasteiger partial charge in [-0.3, -0.25) is 4.79 Å². The van der Waals surface area contributed by atoms with E-state index >= 15 is 0 Å². The van der Waals surface area contributed by atoms with Crippen LogP contribution in [0.2, 0.25) is 5.02 Å². The summed E-state index contributed by atoms with van der Waals surface area (Å²) >= 11 is 6.53. The molecule has 1 fully saturated rings. The van der Waals surface area contributed by atoms with Crippen LogP contribution in [0.1, 0.15) is 11.1 Å². The Kier molecular flexibility index (Phi) is 7.23. The summed E-state index contributed by atoms with van der Waals surface area (Å²) in [6, 6.07) is 22.4. The molecule has 2 aliphatic heterocycles. The third-order valence-corrected chi connectivity index (χ3v) is 7.63. The van der Waals surface area contributed by atoms with Crippen LogP contribution in [0, 0.1) is 5.92 Å². The molecular formula is C29H32ClN3O3. The molecule has 0 bridgehead atoms. The van der Waals surface area contributed by atoms with Gasteiger partial charge in [-0.1, -0.05) is 48.0 Å². The molecule has 2 atom stereocenters. The zero-order valence-corrected chi connectivity index (χ0v) is 21.5. The topological polar surface area (TPSA) is 54.0 Å². The molecule has 0 radical (unpaired) electrons. The smallest absolute Gasteiger partial charge is 0.225 e. The van der Waals surface area contributed by atoms with E-state index < -0.39 is 0 Å². The van der Waals surface area contributed by atoms with E-state index in [1.54, 1.807) is 14.2 Å². The number of carbonyl (C=O) groups excluding carboxylic acids is 1. The van der Waals surface area contributed by atoms with E-state index in [1.165, 1.54) is 11.3 Å². The third-order valence-electron chi connectivity index (χ3n) is 7.31. The van der Waals surface area contributed by atoms with Crippen LogP contribution in [0.15, 0.2) is 66.7 Å². The van der Waals surface area contributed by atoms with Crippen molar-refractivity contribution >= 4 is 28.9 Å². The average molecular weight is 506 g/mol. The van der Waals surface area contributed by atoms with Crippen molar-refractivity contribution in [3.8, 4) is 11.5 Å². The summed E-state index contributed by atoms with van der Waals surface area (Å²) in [4.78, 5) is 18.3. The summed E-state index contributed by atoms with van der Waals surface area (Å²) in [6.07, 6.45) is 1.45. The van der Waals surface area contributed by atoms with Crippen LogP contribution < -0.4 is 24.6 Å². The highest BCUT2D eigenvalue weighted by Gasteiger charge is 2.41. The lowest BCUT2D eigenvalue weighted by molar-refractivity contribution is -0.125. The van der Waals surface area contributed by atoms with E-state index in [-0.39, 0.29) is 17.9 Å². The Morgan fingerprint density at radius 2 is 1.72 bits per heavy atom. The first-order valence-electron chi connectivity index (χ1n) is 12.4. The van der Waals surface area contributed by atoms with Gasteiger partial charge in [0.2, 0.25) is 5.91 Å². The Morgan fingerprint density at radius 1 is 0.972 bits per heavy atom. The molecule has 3 aromatic carbocycles. The fourth-order valence-corrected chi connectivity index (χ4v) is 5.74. The van der Waals surface area contributed by atoms with Crippen LogP contribution >= 0.6 is 11.6 Å². The molecule has 3 aromatic rings. The Hall–Kier alpha value is -3.38. The number of nitrogens with one attached hydrogen (secondary N) is 1. The fourth-order valence-electron chi connectivity index (χ4n) is 5.48. The SMILES string of the molecule is COc1ccc(CCNC(=O)[C@H]2Cc3ccccc3N3CCN(c4ccccc4Cl)C[C@H]23)cc1OC. The monoisotopic (exact) mass is 505 g/mol. The number of nitrogens with zero attached hydrogens (tertiary/aromatic N) is 2. The molecule has 7 heteroatoms. The van der Waals surface area contributed by atoms with Crippen LogP contribution in [0.3, 0.4) is 0 Å². The maximum atomic E-state index is 13.6. The first-order valence-corrected chi connectivity index (χ1v) is 12.8. The van der Waals surface area contributed by atoms with Crippen LogP contribution in [-0.4, -0.2) is 52.3 Å². The van der Waals surface area contributed by atoms with Crippen molar-refractivity contribution in [1.29, 1.82) is 0 Å². The minimum atomic E-state index is -0.143. The number of carbonyl (C=O) groups is 1. The van der Waals surface area contributed by atoms with Gasteiger partial charge in [-0.2, -0.15) is 0 Å². The molecule has 0 saturated carbocycles. The second-order valence-corrected chi connectivity index (χ2v) is 9.74. The number of methoxy groups -OCH3 is 2. The Morgan fingerprint density at radius 3 is 2.50 bits per heavy atom. The molecular weight excluding hydrogens is 474 g/mol. The second kappa shape index (κ2) is 10.7. The zero-order chi connectivity index (χ0) is 25.1. The fraction of sp³-hybridized carbons (Fsp3) is 0.345. The quantitative estimate of drug-likeness (QED) is 0.509. The first kappa shape index (κ1) is 24.3. The molecule has 1 N–H and O–H groups in total. The Labute approximate surface area is 217 Å². The van der Waals surface area contributed by atoms with Crippen molar-refractivity contribution in [2.45, 2.75) is 18.9 Å². The minimum absolute atomic E-state index is 0.0750. The summed E-state index contributed by atoms with van der Waals surface area (Å²) in [7, 11) is 3.26. The number of amides is 1. The van der Waals surface area contributed by atoms with Gasteiger partial charge in [-0.25, -0.2) is 0 Å². The van der Waals surface area contributed by atoms with Gasteiger partial charge in [-0.15, -0.1) is 0 Å². The van der Waals surface area contributed by atoms with Gasteiger partial charge >= 0.3 is 0 Å². The maximum Gasteiger partial charge on any atom is 0.225 e. The molecule has 6 nitrogen and oxygen atoms in total. The van der Waals surface area contributed by atoms with Gasteiger partial charge in [0.25, 0.3) is 0 Å². The average Bonchev–Trinajstić information content (AvgIpc) is 2.92. The molecule has 2 heterocycles. The van der Waals surface area contributed by atoms with Crippen molar-refractivity contribution in [1.82, 2.24) is 5.32 Å². The normalized spacial score (nSPS) is 18.8. The van der Waals surface area contributed by atoms with E-state index in [2.05, 4.69) is 45.4 Å². The summed E-state index contributed by atoms with van der Waals surface area (Å²) in [5, 5.41) is 3.96. The minimum Gasteiger partial charge on any atom is -0.493 e. The van der Waals surface area contributed by atoms with E-state index in [4.69, 9.17) is 21.1 Å². The van der Waals surface area contributed by atoms with Crippen LogP contribution in [-0.2, 0) is 17.6 Å². The number of anilines is 2. The van der Waals surface area contributed by atoms with E-state index in [0.29, 0.717) is 18.0 Å². The lowest BCUT2D eigenvalue weighted by atomic mass is 9.83. The molecule has 1 saturated heterocycles. The number of rotatable bonds is 7. The van der Waals surface area contributed by atoms with Crippen LogP contribution in [0.4, 0.5) is 11.4 Å². The molecule has 1 amide bonds. The number of halogens is 1. The molecule has 0 aromatic heterocycles. The Bertz CT molecular complexity index is 1230. The highest BCUT2D eigenvalue weighted by molar-refractivity contribution is 6.33. The van der Waals surface area contributed by atoms with Gasteiger partial charge < -0.3 is 24.6 Å². The number of benzene rings is 3. The van der Waals surface area contributed by atoms with Gasteiger partial charge in [0.15, 0.2) is 11.5 Å². The highest BCUT2D eigenvalue weighted by Crippen LogP contribution is 2.38. The predicted molar refractivity (Wildman–Crippen MR) is 145 cm³/mol. The van der Waals surface area contributed by atoms with Crippen molar-refractivity contribution in [2.24, 2.45) is 5.92 Å². The van der Waals surface area contributed by atoms with E-state index in [0.717, 1.165) is 48.7 Å². The molecule has 188 valence electrons. The molecule has 36 heavy (non-hydrogen) atoms. The lowest BCUT2D eigenvalue weighted by Crippen LogP contribution is -2.61. The maximum absolute atomic E-state index is 13.6. The van der Waals surface area contributed by atoms with E-state index in [1.807, 2.05) is 36.4 Å². The Balaban J connectivity index is 1.32. The molecule has 2 aliphatic rings. The molecule has 0 unspecified atom stereocenters. The summed E-state index contributed by atoms with van der Waals surface area (Å²) in [6.45, 7) is 3.03. The van der Waals surface area contributed by atoms with Gasteiger partial charge in [0.05, 0.1) is 36.9 Å². The van der Waals surface area contributed by atoms with Crippen LogP contribution in [0.25, 0.3) is 0 Å². The third kappa shape index (κ3) is 4.82. The van der Waals surface area contributed by atoms with E-state index in [9.17, 15) is 4.79 Å². The standard InChI is InChI=1S/C29H32ClN3O3/c1-35-27-12-11-20(17-28(27)36-2)13-14-31-29(34)22-18-21-7-3-5-9-24(21)33-16-15-32(19-26(22)33)25-10-6-4-8-23(25)30/h3-12,17,22,26H,13-16,18-19H2,1-2H3,(H,31,34)/t22-,26+/m0/s1. The number of hydrogen-bond acceptors (Lipinski definition) is 5. The number of piperazine rings is 1. The van der Waals surface area contributed by atoms with Crippen molar-refractivity contribution in [2.75, 3.05) is 50.2 Å². The number of fused-ring (bicyclic) bond motifs is 3. The zero-order valence-electron chi connectivity index (χ0n) is 20.7. The largest absolute Gasteiger partial charge is 0.493 e. The van der Waals surface area contributed by atoms with Crippen molar-refractivity contribution in [3.05, 3.63) is 82.9 Å². The second-order valence-electron chi connectivity index (χ2n) is 9.33. The molecule has 5 rings (SSSR count). The number of hydrogen-bond donors (Lipinski definition) is 1. The number of ether oxygens (including phenoxy) is 2. The summed E-state index contributed by atoms with van der Waals surface area (Å²) in [5.74, 6) is 1.35. The predicted octanol–water partition coefficient (Wildman–Crippen LogP) is 4.58. The van der Waals surface area contributed by atoms with Gasteiger partial charge in [-0.05, 0) is 54.3 Å². The highest BCUT2D eigenvalue weighted by atomic mass is 35.5. The first-order chi connectivity index (χ1) is 17.6. The van der Waals surface area contributed by atoms with Crippen molar-refractivity contribution < 1.29 is 14.3 Å². The number of para-hydroxylation sites is 2. The van der Waals surface area contributed by atoms with Gasteiger partial charge in [0, 0.05) is 31.9 Å². The van der Waals surface area contributed by atoms with Crippen molar-refractivity contribution in [3.63, 3.8) is 0 Å².